The van der Waals surface area contributed by atoms with Crippen LogP contribution in [0.3, 0.4) is 0 Å². The lowest BCUT2D eigenvalue weighted by Gasteiger charge is -2.19. The molecule has 0 radical (unpaired) electrons. The van der Waals surface area contributed by atoms with Crippen molar-refractivity contribution in [3.8, 4) is 5.75 Å². The van der Waals surface area contributed by atoms with Gasteiger partial charge in [0, 0.05) is 24.7 Å². The fourth-order valence-corrected chi connectivity index (χ4v) is 3.20. The number of allylic oxidation sites excluding steroid dienone is 5. The van der Waals surface area contributed by atoms with Crippen LogP contribution >= 0.6 is 0 Å². The van der Waals surface area contributed by atoms with E-state index in [1.807, 2.05) is 54.8 Å². The zero-order chi connectivity index (χ0) is 20.9. The highest BCUT2D eigenvalue weighted by Crippen LogP contribution is 2.22. The maximum absolute atomic E-state index is 12.8. The molecule has 0 saturated heterocycles. The van der Waals surface area contributed by atoms with Crippen LogP contribution in [0.4, 0.5) is 0 Å². The van der Waals surface area contributed by atoms with Gasteiger partial charge in [-0.1, -0.05) is 30.4 Å². The number of carbonyl (C=O) groups is 2. The average Bonchev–Trinajstić information content (AvgIpc) is 3.00. The van der Waals surface area contributed by atoms with Crippen LogP contribution in [0.5, 0.6) is 5.75 Å². The topological polar surface area (TPSA) is 102 Å². The Labute approximate surface area is 172 Å². The van der Waals surface area contributed by atoms with E-state index < -0.39 is 5.97 Å². The van der Waals surface area contributed by atoms with Crippen molar-refractivity contribution in [2.75, 3.05) is 13.2 Å². The summed E-state index contributed by atoms with van der Waals surface area (Å²) in [6.45, 7) is 0.963. The minimum atomic E-state index is -0.833. The molecule has 0 aromatic heterocycles. The fraction of sp³-hybridized carbons (Fsp3) is 0.391. The molecule has 6 heteroatoms. The van der Waals surface area contributed by atoms with E-state index in [9.17, 15) is 9.59 Å². The molecule has 1 aliphatic rings. The monoisotopic (exact) mass is 398 g/mol. The van der Waals surface area contributed by atoms with E-state index in [0.29, 0.717) is 44.6 Å². The summed E-state index contributed by atoms with van der Waals surface area (Å²) >= 11 is 0. The molecular formula is C23H30N2O4. The molecule has 0 aliphatic carbocycles. The number of carboxylic acids is 1. The Bertz CT molecular complexity index is 768. The second-order valence-corrected chi connectivity index (χ2v) is 6.91. The first-order valence-corrected chi connectivity index (χ1v) is 10.1. The third kappa shape index (κ3) is 7.95. The second kappa shape index (κ2) is 12.6. The summed E-state index contributed by atoms with van der Waals surface area (Å²) in [5, 5.41) is 12.1. The van der Waals surface area contributed by atoms with Crippen molar-refractivity contribution in [1.82, 2.24) is 5.32 Å². The number of aryl methyl sites for hydroxylation is 1. The lowest BCUT2D eigenvalue weighted by atomic mass is 9.91. The first-order chi connectivity index (χ1) is 14.1. The molecule has 1 aromatic rings. The van der Waals surface area contributed by atoms with Crippen molar-refractivity contribution in [2.45, 2.75) is 38.5 Å². The van der Waals surface area contributed by atoms with Gasteiger partial charge in [0.05, 0.1) is 12.5 Å². The molecule has 0 saturated carbocycles. The second-order valence-electron chi connectivity index (χ2n) is 6.91. The Morgan fingerprint density at radius 3 is 2.72 bits per heavy atom. The number of para-hydroxylation sites is 1. The maximum Gasteiger partial charge on any atom is 0.303 e. The van der Waals surface area contributed by atoms with E-state index in [4.69, 9.17) is 15.6 Å². The molecule has 6 nitrogen and oxygen atoms in total. The molecule has 1 aromatic carbocycles. The van der Waals surface area contributed by atoms with Gasteiger partial charge in [-0.15, -0.1) is 0 Å². The van der Waals surface area contributed by atoms with Crippen LogP contribution in [0, 0.1) is 5.92 Å². The molecule has 1 atom stereocenters. The van der Waals surface area contributed by atoms with Crippen LogP contribution in [-0.2, 0) is 16.0 Å². The van der Waals surface area contributed by atoms with Gasteiger partial charge in [0.2, 0.25) is 0 Å². The molecule has 0 fully saturated rings. The summed E-state index contributed by atoms with van der Waals surface area (Å²) in [5.41, 5.74) is 7.41. The lowest BCUT2D eigenvalue weighted by molar-refractivity contribution is -0.137. The first kappa shape index (κ1) is 22.4. The molecule has 0 amide bonds. The Hall–Kier alpha value is -2.86. The molecule has 1 aliphatic heterocycles. The van der Waals surface area contributed by atoms with E-state index in [0.717, 1.165) is 17.7 Å². The summed E-state index contributed by atoms with van der Waals surface area (Å²) in [7, 11) is 0. The molecule has 1 heterocycles. The Balaban J connectivity index is 1.87. The summed E-state index contributed by atoms with van der Waals surface area (Å²) in [6.07, 6.45) is 12.5. The molecule has 0 spiro atoms. The van der Waals surface area contributed by atoms with Crippen LogP contribution in [0.15, 0.2) is 60.5 Å². The van der Waals surface area contributed by atoms with Crippen molar-refractivity contribution in [2.24, 2.45) is 11.7 Å². The zero-order valence-electron chi connectivity index (χ0n) is 16.7. The third-order valence-electron chi connectivity index (χ3n) is 4.71. The van der Waals surface area contributed by atoms with Crippen LogP contribution in [0.1, 0.15) is 37.7 Å². The van der Waals surface area contributed by atoms with Crippen molar-refractivity contribution in [3.05, 3.63) is 66.0 Å². The number of ether oxygens (including phenoxy) is 1. The van der Waals surface area contributed by atoms with Gasteiger partial charge in [-0.25, -0.2) is 0 Å². The highest BCUT2D eigenvalue weighted by molar-refractivity contribution is 5.83. The van der Waals surface area contributed by atoms with Gasteiger partial charge in [-0.05, 0) is 56.0 Å². The highest BCUT2D eigenvalue weighted by atomic mass is 16.5. The Kier molecular flexibility index (Phi) is 9.72. The van der Waals surface area contributed by atoms with Gasteiger partial charge >= 0.3 is 5.97 Å². The first-order valence-electron chi connectivity index (χ1n) is 10.1. The molecule has 2 rings (SSSR count). The largest absolute Gasteiger partial charge is 0.493 e. The van der Waals surface area contributed by atoms with Gasteiger partial charge in [0.15, 0.2) is 0 Å². The minimum Gasteiger partial charge on any atom is -0.493 e. The number of hydrogen-bond donors (Lipinski definition) is 3. The number of benzene rings is 1. The number of carboxylic acid groups (broad SMARTS) is 1. The van der Waals surface area contributed by atoms with Crippen molar-refractivity contribution in [1.29, 1.82) is 0 Å². The van der Waals surface area contributed by atoms with Crippen LogP contribution in [0.25, 0.3) is 0 Å². The standard InChI is InChI=1S/C23H30N2O4/c24-15-6-9-19(20-10-2-1-5-16-25-20)21(26)11-7-17-29-22-12-4-3-8-18(22)13-14-23(27)28/h1-5,8,10,12,16,19,25H,6-7,9,11,13-15,17,24H2,(H,27,28). The van der Waals surface area contributed by atoms with Gasteiger partial charge in [0.1, 0.15) is 11.5 Å². The predicted molar refractivity (Wildman–Crippen MR) is 113 cm³/mol. The highest BCUT2D eigenvalue weighted by Gasteiger charge is 2.21. The minimum absolute atomic E-state index is 0.0622. The molecule has 1 unspecified atom stereocenters. The summed E-state index contributed by atoms with van der Waals surface area (Å²) in [4.78, 5) is 23.6. The summed E-state index contributed by atoms with van der Waals surface area (Å²) in [6, 6.07) is 7.43. The quantitative estimate of drug-likeness (QED) is 0.441. The smallest absolute Gasteiger partial charge is 0.303 e. The van der Waals surface area contributed by atoms with E-state index in [2.05, 4.69) is 5.32 Å². The van der Waals surface area contributed by atoms with Crippen LogP contribution in [0.2, 0.25) is 0 Å². The number of carbonyl (C=O) groups excluding carboxylic acids is 1. The van der Waals surface area contributed by atoms with Gasteiger partial charge in [-0.3, -0.25) is 9.59 Å². The number of ketones is 1. The zero-order valence-corrected chi connectivity index (χ0v) is 16.7. The number of aliphatic carboxylic acids is 1. The predicted octanol–water partition coefficient (Wildman–Crippen LogP) is 3.34. The number of nitrogens with one attached hydrogen (secondary N) is 1. The van der Waals surface area contributed by atoms with E-state index in [-0.39, 0.29) is 18.1 Å². The third-order valence-corrected chi connectivity index (χ3v) is 4.71. The normalized spacial score (nSPS) is 13.9. The summed E-state index contributed by atoms with van der Waals surface area (Å²) in [5.74, 6) is -0.179. The lowest BCUT2D eigenvalue weighted by Crippen LogP contribution is -2.24. The number of Topliss-reactive ketones (excluding diaryl/α,β-unsaturated/α-hetero) is 1. The molecule has 156 valence electrons. The van der Waals surface area contributed by atoms with Gasteiger partial charge in [0.25, 0.3) is 0 Å². The van der Waals surface area contributed by atoms with Gasteiger partial charge < -0.3 is 20.9 Å². The van der Waals surface area contributed by atoms with Crippen LogP contribution in [-0.4, -0.2) is 30.0 Å². The summed E-state index contributed by atoms with van der Waals surface area (Å²) < 4.78 is 5.83. The van der Waals surface area contributed by atoms with E-state index >= 15 is 0 Å². The maximum atomic E-state index is 12.8. The van der Waals surface area contributed by atoms with E-state index in [1.165, 1.54) is 0 Å². The Morgan fingerprint density at radius 1 is 1.10 bits per heavy atom. The van der Waals surface area contributed by atoms with Crippen LogP contribution < -0.4 is 15.8 Å². The molecule has 0 bridgehead atoms. The van der Waals surface area contributed by atoms with Gasteiger partial charge in [-0.2, -0.15) is 0 Å². The molecule has 29 heavy (non-hydrogen) atoms. The fourth-order valence-electron chi connectivity index (χ4n) is 3.20. The van der Waals surface area contributed by atoms with Crippen molar-refractivity contribution >= 4 is 11.8 Å². The number of hydrogen-bond acceptors (Lipinski definition) is 5. The molecular weight excluding hydrogens is 368 g/mol. The number of nitrogens with two attached hydrogens (primary N) is 1. The SMILES string of the molecule is NCCCC(C(=O)CCCOc1ccccc1CCC(=O)O)C1=CC=CC=CN1. The van der Waals surface area contributed by atoms with Crippen molar-refractivity contribution < 1.29 is 19.4 Å². The average molecular weight is 399 g/mol. The van der Waals surface area contributed by atoms with E-state index in [1.54, 1.807) is 0 Å². The Morgan fingerprint density at radius 2 is 1.93 bits per heavy atom. The number of rotatable bonds is 13. The van der Waals surface area contributed by atoms with Crippen molar-refractivity contribution in [3.63, 3.8) is 0 Å². The molecule has 4 N–H and O–H groups in total.